The molecular weight excluding hydrogens is 422 g/mol. The SMILES string of the molecule is CCCCCCCCCCCCCCCCCC=Cc1cc[n+](CCCCc2ccccc2)cc1. The zero-order valence-electron chi connectivity index (χ0n) is 22.9. The van der Waals surface area contributed by atoms with E-state index >= 15 is 0 Å². The molecular formula is C34H54N+. The molecule has 0 fully saturated rings. The van der Waals surface area contributed by atoms with Gasteiger partial charge in [-0.3, -0.25) is 0 Å². The maximum absolute atomic E-state index is 2.36. The van der Waals surface area contributed by atoms with Gasteiger partial charge in [-0.2, -0.15) is 0 Å². The fourth-order valence-corrected chi connectivity index (χ4v) is 4.85. The fraction of sp³-hybridized carbons (Fsp3) is 0.618. The maximum Gasteiger partial charge on any atom is 0.169 e. The molecule has 0 aliphatic rings. The summed E-state index contributed by atoms with van der Waals surface area (Å²) in [5, 5.41) is 0. The Morgan fingerprint density at radius 2 is 1.11 bits per heavy atom. The Balaban J connectivity index is 1.37. The van der Waals surface area contributed by atoms with Gasteiger partial charge in [0.15, 0.2) is 12.4 Å². The molecule has 1 nitrogen and oxygen atoms in total. The highest BCUT2D eigenvalue weighted by molar-refractivity contribution is 5.47. The minimum absolute atomic E-state index is 1.11. The predicted octanol–water partition coefficient (Wildman–Crippen LogP) is 10.3. The van der Waals surface area contributed by atoms with Crippen molar-refractivity contribution in [1.29, 1.82) is 0 Å². The number of benzene rings is 1. The lowest BCUT2D eigenvalue weighted by molar-refractivity contribution is -0.697. The summed E-state index contributed by atoms with van der Waals surface area (Å²) in [7, 11) is 0. The molecule has 0 aliphatic carbocycles. The van der Waals surface area contributed by atoms with Crippen molar-refractivity contribution in [1.82, 2.24) is 0 Å². The van der Waals surface area contributed by atoms with E-state index < -0.39 is 0 Å². The van der Waals surface area contributed by atoms with Crippen LogP contribution in [0.3, 0.4) is 0 Å². The second kappa shape index (κ2) is 21.4. The zero-order chi connectivity index (χ0) is 24.7. The molecule has 1 heterocycles. The van der Waals surface area contributed by atoms with Crippen molar-refractivity contribution in [2.45, 2.75) is 135 Å². The van der Waals surface area contributed by atoms with Crippen LogP contribution in [0.2, 0.25) is 0 Å². The first-order valence-corrected chi connectivity index (χ1v) is 15.1. The third-order valence-electron chi connectivity index (χ3n) is 7.18. The van der Waals surface area contributed by atoms with E-state index in [4.69, 9.17) is 0 Å². The molecule has 0 atom stereocenters. The number of rotatable bonds is 22. The first-order valence-electron chi connectivity index (χ1n) is 15.1. The van der Waals surface area contributed by atoms with E-state index in [1.54, 1.807) is 0 Å². The Morgan fingerprint density at radius 3 is 1.69 bits per heavy atom. The van der Waals surface area contributed by atoms with E-state index in [1.807, 2.05) is 0 Å². The van der Waals surface area contributed by atoms with E-state index in [2.05, 4.69) is 78.5 Å². The number of allylic oxidation sites excluding steroid dienone is 1. The summed E-state index contributed by atoms with van der Waals surface area (Å²) in [4.78, 5) is 0. The molecule has 2 aromatic rings. The molecule has 0 bridgehead atoms. The quantitative estimate of drug-likeness (QED) is 0.117. The molecule has 0 radical (unpaired) electrons. The molecule has 2 rings (SSSR count). The molecule has 0 spiro atoms. The highest BCUT2D eigenvalue weighted by Crippen LogP contribution is 2.14. The van der Waals surface area contributed by atoms with Crippen molar-refractivity contribution in [3.63, 3.8) is 0 Å². The van der Waals surface area contributed by atoms with Gasteiger partial charge in [-0.25, -0.2) is 4.57 Å². The Morgan fingerprint density at radius 1 is 0.571 bits per heavy atom. The highest BCUT2D eigenvalue weighted by Gasteiger charge is 2.00. The largest absolute Gasteiger partial charge is 0.205 e. The van der Waals surface area contributed by atoms with Gasteiger partial charge in [-0.05, 0) is 36.8 Å². The van der Waals surface area contributed by atoms with Crippen LogP contribution in [0.25, 0.3) is 6.08 Å². The maximum atomic E-state index is 2.36. The van der Waals surface area contributed by atoms with Crippen LogP contribution in [0, 0.1) is 0 Å². The number of hydrogen-bond acceptors (Lipinski definition) is 0. The van der Waals surface area contributed by atoms with Gasteiger partial charge in [0.25, 0.3) is 0 Å². The second-order valence-corrected chi connectivity index (χ2v) is 10.5. The third-order valence-corrected chi connectivity index (χ3v) is 7.18. The molecule has 0 aliphatic heterocycles. The van der Waals surface area contributed by atoms with Gasteiger partial charge in [-0.1, -0.05) is 139 Å². The van der Waals surface area contributed by atoms with E-state index in [1.165, 1.54) is 133 Å². The molecule has 0 saturated heterocycles. The average Bonchev–Trinajstić information content (AvgIpc) is 2.90. The first kappa shape index (κ1) is 29.3. The predicted molar refractivity (Wildman–Crippen MR) is 155 cm³/mol. The summed E-state index contributed by atoms with van der Waals surface area (Å²) >= 11 is 0. The Kier molecular flexibility index (Phi) is 17.9. The summed E-state index contributed by atoms with van der Waals surface area (Å²) in [5.74, 6) is 0. The van der Waals surface area contributed by atoms with Crippen molar-refractivity contribution in [3.05, 3.63) is 72.1 Å². The fourth-order valence-electron chi connectivity index (χ4n) is 4.85. The number of pyridine rings is 1. The molecule has 1 aromatic heterocycles. The topological polar surface area (TPSA) is 3.88 Å². The molecule has 194 valence electrons. The molecule has 1 heteroatoms. The minimum Gasteiger partial charge on any atom is -0.205 e. The molecule has 0 N–H and O–H groups in total. The molecule has 1 aromatic carbocycles. The Hall–Kier alpha value is -1.89. The van der Waals surface area contributed by atoms with E-state index in [9.17, 15) is 0 Å². The molecule has 35 heavy (non-hydrogen) atoms. The first-order chi connectivity index (χ1) is 17.4. The van der Waals surface area contributed by atoms with Crippen molar-refractivity contribution >= 4 is 6.08 Å². The lowest BCUT2D eigenvalue weighted by Crippen LogP contribution is -2.32. The van der Waals surface area contributed by atoms with Crippen LogP contribution >= 0.6 is 0 Å². The van der Waals surface area contributed by atoms with Crippen molar-refractivity contribution in [2.24, 2.45) is 0 Å². The minimum atomic E-state index is 1.11. The summed E-state index contributed by atoms with van der Waals surface area (Å²) in [6.45, 7) is 3.41. The standard InChI is InChI=1S/C34H54N/c1-2-3-4-5-6-7-8-9-10-11-12-13-14-15-16-17-19-26-34-28-31-35(32-29-34)30-23-22-27-33-24-20-18-21-25-33/h18-21,24-26,28-29,31-32H,2-17,22-23,27,30H2,1H3/q+1. The lowest BCUT2D eigenvalue weighted by atomic mass is 10.0. The van der Waals surface area contributed by atoms with Crippen LogP contribution in [0.15, 0.2) is 60.9 Å². The summed E-state index contributed by atoms with van der Waals surface area (Å²) in [5.41, 5.74) is 2.78. The Labute approximate surface area is 218 Å². The van der Waals surface area contributed by atoms with E-state index in [0.717, 1.165) is 6.54 Å². The van der Waals surface area contributed by atoms with Crippen LogP contribution in [0.4, 0.5) is 0 Å². The monoisotopic (exact) mass is 476 g/mol. The average molecular weight is 477 g/mol. The molecule has 0 saturated carbocycles. The summed E-state index contributed by atoms with van der Waals surface area (Å²) in [6.07, 6.45) is 35.5. The van der Waals surface area contributed by atoms with Gasteiger partial charge in [0, 0.05) is 18.6 Å². The van der Waals surface area contributed by atoms with Gasteiger partial charge in [0.1, 0.15) is 6.54 Å². The van der Waals surface area contributed by atoms with Crippen LogP contribution < -0.4 is 4.57 Å². The number of nitrogens with zero attached hydrogens (tertiary/aromatic N) is 1. The van der Waals surface area contributed by atoms with Crippen LogP contribution in [0.1, 0.15) is 134 Å². The van der Waals surface area contributed by atoms with Crippen molar-refractivity contribution in [3.8, 4) is 0 Å². The summed E-state index contributed by atoms with van der Waals surface area (Å²) in [6, 6.07) is 15.3. The van der Waals surface area contributed by atoms with Gasteiger partial charge >= 0.3 is 0 Å². The lowest BCUT2D eigenvalue weighted by Gasteiger charge is -2.03. The smallest absolute Gasteiger partial charge is 0.169 e. The van der Waals surface area contributed by atoms with Gasteiger partial charge in [0.2, 0.25) is 0 Å². The number of aromatic nitrogens is 1. The number of aryl methyl sites for hydroxylation is 2. The van der Waals surface area contributed by atoms with Gasteiger partial charge in [-0.15, -0.1) is 0 Å². The van der Waals surface area contributed by atoms with Crippen LogP contribution in [0.5, 0.6) is 0 Å². The van der Waals surface area contributed by atoms with Crippen LogP contribution in [-0.2, 0) is 13.0 Å². The van der Waals surface area contributed by atoms with E-state index in [-0.39, 0.29) is 0 Å². The van der Waals surface area contributed by atoms with Crippen LogP contribution in [-0.4, -0.2) is 0 Å². The Bertz CT molecular complexity index is 731. The highest BCUT2D eigenvalue weighted by atomic mass is 14.9. The van der Waals surface area contributed by atoms with Gasteiger partial charge in [0.05, 0.1) is 0 Å². The molecule has 0 unspecified atom stereocenters. The van der Waals surface area contributed by atoms with Gasteiger partial charge < -0.3 is 0 Å². The van der Waals surface area contributed by atoms with Crippen molar-refractivity contribution < 1.29 is 4.57 Å². The number of hydrogen-bond donors (Lipinski definition) is 0. The van der Waals surface area contributed by atoms with Crippen molar-refractivity contribution in [2.75, 3.05) is 0 Å². The third kappa shape index (κ3) is 16.4. The zero-order valence-corrected chi connectivity index (χ0v) is 22.9. The second-order valence-electron chi connectivity index (χ2n) is 10.5. The normalized spacial score (nSPS) is 11.5. The van der Waals surface area contributed by atoms with E-state index in [0.29, 0.717) is 0 Å². The summed E-state index contributed by atoms with van der Waals surface area (Å²) < 4.78 is 2.32. The number of unbranched alkanes of at least 4 members (excludes halogenated alkanes) is 16. The molecule has 0 amide bonds.